The Balaban J connectivity index is 1.30. The summed E-state index contributed by atoms with van der Waals surface area (Å²) in [6, 6.07) is 25.4. The van der Waals surface area contributed by atoms with Gasteiger partial charge in [-0.2, -0.15) is 5.10 Å². The van der Waals surface area contributed by atoms with E-state index < -0.39 is 12.1 Å². The summed E-state index contributed by atoms with van der Waals surface area (Å²) in [6.07, 6.45) is 2.18. The second-order valence-corrected chi connectivity index (χ2v) is 9.47. The summed E-state index contributed by atoms with van der Waals surface area (Å²) in [5, 5.41) is 6.14. The molecule has 0 spiro atoms. The normalized spacial score (nSPS) is 11.8. The molecule has 7 nitrogen and oxygen atoms in total. The van der Waals surface area contributed by atoms with Crippen LogP contribution in [0, 0.1) is 0 Å². The van der Waals surface area contributed by atoms with E-state index in [1.165, 1.54) is 6.21 Å². The molecule has 4 aromatic rings. The van der Waals surface area contributed by atoms with Crippen LogP contribution in [-0.4, -0.2) is 30.8 Å². The van der Waals surface area contributed by atoms with Crippen LogP contribution < -0.4 is 19.6 Å². The number of hydrogen-bond donors (Lipinski definition) is 1. The molecule has 0 aromatic heterocycles. The maximum absolute atomic E-state index is 12.7. The number of hydrazone groups is 1. The van der Waals surface area contributed by atoms with Gasteiger partial charge in [-0.15, -0.1) is 0 Å². The number of benzene rings is 4. The third-order valence-electron chi connectivity index (χ3n) is 5.80. The van der Waals surface area contributed by atoms with Crippen LogP contribution >= 0.6 is 15.9 Å². The smallest absolute Gasteiger partial charge is 0.343 e. The number of nitrogens with zero attached hydrogens (tertiary/aromatic N) is 1. The number of carbonyl (C=O) groups is 2. The molecule has 0 aliphatic heterocycles. The van der Waals surface area contributed by atoms with Crippen LogP contribution in [0.5, 0.6) is 17.2 Å². The van der Waals surface area contributed by atoms with Crippen molar-refractivity contribution >= 4 is 44.8 Å². The van der Waals surface area contributed by atoms with Crippen molar-refractivity contribution in [2.24, 2.45) is 5.10 Å². The Bertz CT molecular complexity index is 1450. The number of hydrogen-bond acceptors (Lipinski definition) is 6. The molecule has 0 saturated carbocycles. The summed E-state index contributed by atoms with van der Waals surface area (Å²) >= 11 is 3.59. The minimum Gasteiger partial charge on any atom is -0.494 e. The minimum absolute atomic E-state index is 0.356. The summed E-state index contributed by atoms with van der Waals surface area (Å²) in [5.41, 5.74) is 3.69. The van der Waals surface area contributed by atoms with E-state index in [1.54, 1.807) is 48.5 Å². The van der Waals surface area contributed by atoms with Crippen LogP contribution in [0.25, 0.3) is 10.8 Å². The van der Waals surface area contributed by atoms with E-state index in [1.807, 2.05) is 50.2 Å². The molecule has 39 heavy (non-hydrogen) atoms. The lowest BCUT2D eigenvalue weighted by molar-refractivity contribution is -0.128. The first-order valence-corrected chi connectivity index (χ1v) is 13.5. The molecule has 4 aromatic carbocycles. The first-order valence-electron chi connectivity index (χ1n) is 12.7. The average molecular weight is 589 g/mol. The predicted octanol–water partition coefficient (Wildman–Crippen LogP) is 6.92. The standard InChI is InChI=1S/C31H29BrN2O5/c1-3-19-37-24-16-11-23(12-17-24)31(36)38-25-14-9-21(10-15-25)20-33-34-30(35)27(4-2)39-28-18-13-22-7-5-6-8-26(22)29(28)32/h5-18,20,27H,3-4,19H2,1-2H3,(H,34,35)/b33-20+. The highest BCUT2D eigenvalue weighted by molar-refractivity contribution is 9.10. The van der Waals surface area contributed by atoms with Crippen molar-refractivity contribution in [1.82, 2.24) is 5.43 Å². The quantitative estimate of drug-likeness (QED) is 0.0889. The van der Waals surface area contributed by atoms with E-state index in [2.05, 4.69) is 26.5 Å². The number of carbonyl (C=O) groups excluding carboxylic acids is 2. The fourth-order valence-corrected chi connectivity index (χ4v) is 4.30. The molecule has 1 unspecified atom stereocenters. The molecule has 1 N–H and O–H groups in total. The van der Waals surface area contributed by atoms with Crippen LogP contribution in [-0.2, 0) is 4.79 Å². The topological polar surface area (TPSA) is 86.2 Å². The molecule has 0 aliphatic carbocycles. The van der Waals surface area contributed by atoms with Crippen LogP contribution in [0.1, 0.15) is 42.6 Å². The summed E-state index contributed by atoms with van der Waals surface area (Å²) in [4.78, 5) is 25.1. The molecule has 0 bridgehead atoms. The molecule has 0 fully saturated rings. The molecular weight excluding hydrogens is 560 g/mol. The van der Waals surface area contributed by atoms with Crippen LogP contribution in [0.15, 0.2) is 94.5 Å². The number of fused-ring (bicyclic) bond motifs is 1. The van der Waals surface area contributed by atoms with Crippen molar-refractivity contribution in [1.29, 1.82) is 0 Å². The van der Waals surface area contributed by atoms with Crippen molar-refractivity contribution in [3.8, 4) is 17.2 Å². The highest BCUT2D eigenvalue weighted by Crippen LogP contribution is 2.33. The van der Waals surface area contributed by atoms with E-state index in [-0.39, 0.29) is 5.91 Å². The van der Waals surface area contributed by atoms with Crippen LogP contribution in [0.2, 0.25) is 0 Å². The van der Waals surface area contributed by atoms with Crippen molar-refractivity contribution in [3.63, 3.8) is 0 Å². The molecule has 0 aliphatic rings. The average Bonchev–Trinajstić information content (AvgIpc) is 2.97. The Hall–Kier alpha value is -4.17. The zero-order valence-corrected chi connectivity index (χ0v) is 23.3. The Morgan fingerprint density at radius 2 is 1.64 bits per heavy atom. The highest BCUT2D eigenvalue weighted by atomic mass is 79.9. The van der Waals surface area contributed by atoms with Gasteiger partial charge in [0, 0.05) is 0 Å². The van der Waals surface area contributed by atoms with Gasteiger partial charge in [0.25, 0.3) is 5.91 Å². The molecule has 4 rings (SSSR count). The third kappa shape index (κ3) is 7.45. The molecule has 200 valence electrons. The van der Waals surface area contributed by atoms with E-state index in [9.17, 15) is 9.59 Å². The second-order valence-electron chi connectivity index (χ2n) is 8.68. The van der Waals surface area contributed by atoms with Gasteiger partial charge in [0.2, 0.25) is 0 Å². The van der Waals surface area contributed by atoms with E-state index in [0.717, 1.165) is 27.2 Å². The zero-order valence-electron chi connectivity index (χ0n) is 21.7. The molecular formula is C31H29BrN2O5. The molecule has 1 atom stereocenters. The lowest BCUT2D eigenvalue weighted by Gasteiger charge is -2.17. The first kappa shape index (κ1) is 27.9. The SMILES string of the molecule is CCCOc1ccc(C(=O)Oc2ccc(/C=N/NC(=O)C(CC)Oc3ccc4ccccc4c3Br)cc2)cc1. The predicted molar refractivity (Wildman–Crippen MR) is 156 cm³/mol. The molecule has 1 amide bonds. The van der Waals surface area contributed by atoms with Gasteiger partial charge in [-0.3, -0.25) is 4.79 Å². The Labute approximate surface area is 235 Å². The molecule has 0 heterocycles. The fourth-order valence-electron chi connectivity index (χ4n) is 3.72. The molecule has 8 heteroatoms. The van der Waals surface area contributed by atoms with E-state index in [0.29, 0.717) is 35.8 Å². The van der Waals surface area contributed by atoms with Crippen molar-refractivity contribution in [3.05, 3.63) is 101 Å². The lowest BCUT2D eigenvalue weighted by Crippen LogP contribution is -2.35. The van der Waals surface area contributed by atoms with Gasteiger partial charge in [-0.25, -0.2) is 10.2 Å². The molecule has 0 saturated heterocycles. The van der Waals surface area contributed by atoms with E-state index in [4.69, 9.17) is 14.2 Å². The van der Waals surface area contributed by atoms with Gasteiger partial charge in [-0.05, 0) is 99.7 Å². The van der Waals surface area contributed by atoms with Gasteiger partial charge >= 0.3 is 5.97 Å². The number of amides is 1. The number of nitrogens with one attached hydrogen (secondary N) is 1. The van der Waals surface area contributed by atoms with Gasteiger partial charge in [0.1, 0.15) is 17.2 Å². The number of halogens is 1. The monoisotopic (exact) mass is 588 g/mol. The summed E-state index contributed by atoms with van der Waals surface area (Å²) in [7, 11) is 0. The van der Waals surface area contributed by atoms with Gasteiger partial charge in [0.05, 0.1) is 22.9 Å². The lowest BCUT2D eigenvalue weighted by atomic mass is 10.1. The van der Waals surface area contributed by atoms with E-state index >= 15 is 0 Å². The summed E-state index contributed by atoms with van der Waals surface area (Å²) < 4.78 is 17.8. The number of esters is 1. The van der Waals surface area contributed by atoms with Gasteiger partial charge in [0.15, 0.2) is 6.10 Å². The Morgan fingerprint density at radius 1 is 0.923 bits per heavy atom. The van der Waals surface area contributed by atoms with Crippen molar-refractivity contribution in [2.75, 3.05) is 6.61 Å². The summed E-state index contributed by atoms with van der Waals surface area (Å²) in [6.45, 7) is 4.53. The maximum Gasteiger partial charge on any atom is 0.343 e. The van der Waals surface area contributed by atoms with Crippen LogP contribution in [0.3, 0.4) is 0 Å². The second kappa shape index (κ2) is 13.6. The highest BCUT2D eigenvalue weighted by Gasteiger charge is 2.20. The summed E-state index contributed by atoms with van der Waals surface area (Å²) in [5.74, 6) is 0.876. The number of rotatable bonds is 11. The minimum atomic E-state index is -0.714. The van der Waals surface area contributed by atoms with Crippen LogP contribution in [0.4, 0.5) is 0 Å². The van der Waals surface area contributed by atoms with Crippen molar-refractivity contribution in [2.45, 2.75) is 32.8 Å². The Morgan fingerprint density at radius 3 is 2.36 bits per heavy atom. The van der Waals surface area contributed by atoms with Gasteiger partial charge in [-0.1, -0.05) is 44.2 Å². The zero-order chi connectivity index (χ0) is 27.6. The fraction of sp³-hybridized carbons (Fsp3) is 0.194. The number of ether oxygens (including phenoxy) is 3. The maximum atomic E-state index is 12.7. The third-order valence-corrected chi connectivity index (χ3v) is 6.62. The largest absolute Gasteiger partial charge is 0.494 e. The Kier molecular flexibility index (Phi) is 9.69. The molecule has 0 radical (unpaired) electrons. The first-order chi connectivity index (χ1) is 19.0. The van der Waals surface area contributed by atoms with Crippen molar-refractivity contribution < 1.29 is 23.8 Å². The van der Waals surface area contributed by atoms with Gasteiger partial charge < -0.3 is 14.2 Å².